The lowest BCUT2D eigenvalue weighted by Crippen LogP contribution is -2.43. The van der Waals surface area contributed by atoms with Crippen LogP contribution in [0.5, 0.6) is 0 Å². The van der Waals surface area contributed by atoms with E-state index >= 15 is 0 Å². The number of thiophene rings is 1. The van der Waals surface area contributed by atoms with Gasteiger partial charge in [-0.2, -0.15) is 0 Å². The van der Waals surface area contributed by atoms with Crippen LogP contribution in [0.2, 0.25) is 0 Å². The lowest BCUT2D eigenvalue weighted by atomic mass is 9.86. The molecule has 0 saturated carbocycles. The molecule has 2 aliphatic heterocycles. The predicted molar refractivity (Wildman–Crippen MR) is 78.9 cm³/mol. The first-order valence-corrected chi connectivity index (χ1v) is 8.40. The topological polar surface area (TPSA) is 34.2 Å². The molecule has 2 aromatic heterocycles. The van der Waals surface area contributed by atoms with Gasteiger partial charge in [-0.15, -0.1) is 11.3 Å². The van der Waals surface area contributed by atoms with E-state index in [9.17, 15) is 0 Å². The van der Waals surface area contributed by atoms with Crippen molar-refractivity contribution in [3.63, 3.8) is 0 Å². The lowest BCUT2D eigenvalue weighted by molar-refractivity contribution is -0.0771. The highest BCUT2D eigenvalue weighted by atomic mass is 32.1. The Hall–Kier alpha value is -0.750. The second kappa shape index (κ2) is 4.66. The summed E-state index contributed by atoms with van der Waals surface area (Å²) < 4.78 is 10.4. The van der Waals surface area contributed by atoms with Crippen LogP contribution < -0.4 is 5.32 Å². The van der Waals surface area contributed by atoms with Crippen LogP contribution in [0.4, 0.5) is 0 Å². The third kappa shape index (κ3) is 1.96. The van der Waals surface area contributed by atoms with Gasteiger partial charge in [0.05, 0.1) is 6.61 Å². The van der Waals surface area contributed by atoms with Gasteiger partial charge in [0.2, 0.25) is 0 Å². The number of nitrogens with zero attached hydrogens (tertiary/aromatic N) is 1. The van der Waals surface area contributed by atoms with E-state index < -0.39 is 0 Å². The normalized spacial score (nSPS) is 21.5. The molecule has 4 heterocycles. The summed E-state index contributed by atoms with van der Waals surface area (Å²) in [6.45, 7) is 2.99. The summed E-state index contributed by atoms with van der Waals surface area (Å²) in [5.74, 6) is 0. The van der Waals surface area contributed by atoms with Gasteiger partial charge in [0, 0.05) is 26.9 Å². The summed E-state index contributed by atoms with van der Waals surface area (Å²) in [4.78, 5) is 2.82. The lowest BCUT2D eigenvalue weighted by Gasteiger charge is -2.40. The van der Waals surface area contributed by atoms with Gasteiger partial charge >= 0.3 is 0 Å². The van der Waals surface area contributed by atoms with Crippen LogP contribution in [-0.4, -0.2) is 24.1 Å². The van der Waals surface area contributed by atoms with Crippen LogP contribution in [-0.2, 0) is 16.8 Å². The molecule has 3 nitrogen and oxygen atoms in total. The van der Waals surface area contributed by atoms with E-state index in [1.54, 1.807) is 0 Å². The van der Waals surface area contributed by atoms with Crippen molar-refractivity contribution in [2.24, 2.45) is 0 Å². The molecule has 2 aromatic rings. The first-order valence-electron chi connectivity index (χ1n) is 6.75. The molecule has 5 heteroatoms. The standard InChI is InChI=1S/C14H16N2OS2/c1-6-17-14(2-4-15-5-3-14)13-10(1)7-12(19-13)11-8-16-18-9-11/h7-9,15H,1-6H2. The number of aromatic nitrogens is 1. The molecule has 1 spiro atoms. The molecule has 1 N–H and O–H groups in total. The maximum Gasteiger partial charge on any atom is 0.105 e. The Kier molecular flexibility index (Phi) is 2.95. The van der Waals surface area contributed by atoms with Crippen molar-refractivity contribution in [2.45, 2.75) is 24.9 Å². The van der Waals surface area contributed by atoms with Gasteiger partial charge < -0.3 is 10.1 Å². The molecule has 0 aromatic carbocycles. The highest BCUT2D eigenvalue weighted by Crippen LogP contribution is 2.46. The van der Waals surface area contributed by atoms with Crippen LogP contribution in [0.3, 0.4) is 0 Å². The summed E-state index contributed by atoms with van der Waals surface area (Å²) in [6.07, 6.45) is 5.22. The molecule has 4 rings (SSSR count). The highest BCUT2D eigenvalue weighted by Gasteiger charge is 2.40. The molecule has 2 aliphatic rings. The number of hydrogen-bond acceptors (Lipinski definition) is 5. The van der Waals surface area contributed by atoms with Crippen molar-refractivity contribution < 1.29 is 4.74 Å². The summed E-state index contributed by atoms with van der Waals surface area (Å²) in [6, 6.07) is 2.36. The molecule has 1 fully saturated rings. The minimum absolute atomic E-state index is 0.00873. The highest BCUT2D eigenvalue weighted by molar-refractivity contribution is 7.16. The zero-order chi connectivity index (χ0) is 12.7. The number of hydrogen-bond donors (Lipinski definition) is 1. The van der Waals surface area contributed by atoms with Crippen LogP contribution in [0.15, 0.2) is 17.6 Å². The van der Waals surface area contributed by atoms with E-state index in [0.717, 1.165) is 39.0 Å². The minimum atomic E-state index is -0.00873. The third-order valence-electron chi connectivity index (χ3n) is 4.10. The number of ether oxygens (including phenoxy) is 1. The summed E-state index contributed by atoms with van der Waals surface area (Å²) in [5, 5.41) is 5.57. The average molecular weight is 292 g/mol. The Balaban J connectivity index is 1.78. The molecule has 0 radical (unpaired) electrons. The summed E-state index contributed by atoms with van der Waals surface area (Å²) in [5.41, 5.74) is 2.75. The fourth-order valence-electron chi connectivity index (χ4n) is 3.09. The van der Waals surface area contributed by atoms with E-state index in [2.05, 4.69) is 21.1 Å². The smallest absolute Gasteiger partial charge is 0.105 e. The molecule has 0 aliphatic carbocycles. The van der Waals surface area contributed by atoms with Gasteiger partial charge in [0.25, 0.3) is 0 Å². The second-order valence-corrected chi connectivity index (χ2v) is 6.93. The van der Waals surface area contributed by atoms with Crippen LogP contribution >= 0.6 is 22.9 Å². The first-order chi connectivity index (χ1) is 9.37. The molecule has 1 saturated heterocycles. The summed E-state index contributed by atoms with van der Waals surface area (Å²) >= 11 is 3.44. The maximum atomic E-state index is 6.22. The number of fused-ring (bicyclic) bond motifs is 2. The van der Waals surface area contributed by atoms with E-state index in [-0.39, 0.29) is 5.60 Å². The Morgan fingerprint density at radius 3 is 3.00 bits per heavy atom. The second-order valence-electron chi connectivity index (χ2n) is 5.22. The number of rotatable bonds is 1. The Labute approximate surface area is 120 Å². The van der Waals surface area contributed by atoms with E-state index in [1.165, 1.54) is 32.4 Å². The van der Waals surface area contributed by atoms with Gasteiger partial charge in [0.15, 0.2) is 0 Å². The molecular formula is C14H16N2OS2. The van der Waals surface area contributed by atoms with Crippen LogP contribution in [0.25, 0.3) is 10.4 Å². The number of piperidine rings is 1. The van der Waals surface area contributed by atoms with Crippen LogP contribution in [0.1, 0.15) is 23.3 Å². The fraction of sp³-hybridized carbons (Fsp3) is 0.500. The summed E-state index contributed by atoms with van der Waals surface area (Å²) in [7, 11) is 0. The van der Waals surface area contributed by atoms with E-state index in [0.29, 0.717) is 0 Å². The maximum absolute atomic E-state index is 6.22. The zero-order valence-corrected chi connectivity index (χ0v) is 12.3. The van der Waals surface area contributed by atoms with Crippen molar-refractivity contribution in [1.82, 2.24) is 9.69 Å². The van der Waals surface area contributed by atoms with Crippen molar-refractivity contribution in [3.05, 3.63) is 28.1 Å². The Morgan fingerprint density at radius 1 is 1.32 bits per heavy atom. The molecular weight excluding hydrogens is 276 g/mol. The molecule has 100 valence electrons. The molecule has 0 amide bonds. The predicted octanol–water partition coefficient (Wildman–Crippen LogP) is 3.02. The quantitative estimate of drug-likeness (QED) is 0.877. The number of nitrogens with one attached hydrogen (secondary N) is 1. The average Bonchev–Trinajstić information content (AvgIpc) is 3.09. The molecule has 19 heavy (non-hydrogen) atoms. The van der Waals surface area contributed by atoms with Crippen molar-refractivity contribution >= 4 is 22.9 Å². The zero-order valence-electron chi connectivity index (χ0n) is 10.6. The molecule has 0 bridgehead atoms. The van der Waals surface area contributed by atoms with E-state index in [1.807, 2.05) is 17.5 Å². The monoisotopic (exact) mass is 292 g/mol. The largest absolute Gasteiger partial charge is 0.369 e. The van der Waals surface area contributed by atoms with Gasteiger partial charge in [-0.1, -0.05) is 0 Å². The third-order valence-corrected chi connectivity index (χ3v) is 6.10. The van der Waals surface area contributed by atoms with E-state index in [4.69, 9.17) is 4.74 Å². The minimum Gasteiger partial charge on any atom is -0.369 e. The van der Waals surface area contributed by atoms with Gasteiger partial charge in [0.1, 0.15) is 5.60 Å². The Bertz CT molecular complexity index is 570. The Morgan fingerprint density at radius 2 is 2.21 bits per heavy atom. The first kappa shape index (κ1) is 12.0. The van der Waals surface area contributed by atoms with Crippen molar-refractivity contribution in [3.8, 4) is 10.4 Å². The SMILES string of the molecule is c1nscc1-c1cc2c(s1)C1(CCNCC1)OCC2. The van der Waals surface area contributed by atoms with Gasteiger partial charge in [-0.3, -0.25) is 0 Å². The molecule has 0 atom stereocenters. The van der Waals surface area contributed by atoms with Crippen molar-refractivity contribution in [1.29, 1.82) is 0 Å². The fourth-order valence-corrected chi connectivity index (χ4v) is 5.10. The van der Waals surface area contributed by atoms with Gasteiger partial charge in [-0.25, -0.2) is 4.37 Å². The van der Waals surface area contributed by atoms with Crippen LogP contribution in [0, 0.1) is 0 Å². The molecule has 0 unspecified atom stereocenters. The van der Waals surface area contributed by atoms with Gasteiger partial charge in [-0.05, 0) is 55.5 Å². The van der Waals surface area contributed by atoms with Crippen molar-refractivity contribution in [2.75, 3.05) is 19.7 Å².